The number of H-pyrrole nitrogens is 1. The highest BCUT2D eigenvalue weighted by molar-refractivity contribution is 6.33. The monoisotopic (exact) mass is 454 g/mol. The molecule has 4 aromatic rings. The van der Waals surface area contributed by atoms with Gasteiger partial charge in [-0.05, 0) is 36.2 Å². The van der Waals surface area contributed by atoms with Gasteiger partial charge in [0.05, 0.1) is 14.2 Å². The zero-order valence-electron chi connectivity index (χ0n) is 17.0. The van der Waals surface area contributed by atoms with E-state index in [9.17, 15) is 0 Å². The van der Waals surface area contributed by atoms with Crippen LogP contribution in [0.1, 0.15) is 22.9 Å². The van der Waals surface area contributed by atoms with Crippen molar-refractivity contribution in [2.45, 2.75) is 12.5 Å². The van der Waals surface area contributed by atoms with Gasteiger partial charge in [0.25, 0.3) is 0 Å². The third kappa shape index (κ3) is 3.46. The molecule has 0 bridgehead atoms. The van der Waals surface area contributed by atoms with Crippen LogP contribution >= 0.6 is 23.2 Å². The average Bonchev–Trinajstić information content (AvgIpc) is 3.16. The minimum atomic E-state index is -0.240. The van der Waals surface area contributed by atoms with Crippen LogP contribution in [0.3, 0.4) is 0 Å². The predicted molar refractivity (Wildman–Crippen MR) is 123 cm³/mol. The molecular formula is C23H20Cl2N4O2. The Labute approximate surface area is 189 Å². The molecule has 1 aliphatic heterocycles. The summed E-state index contributed by atoms with van der Waals surface area (Å²) in [4.78, 5) is 14.7. The molecule has 0 aliphatic carbocycles. The van der Waals surface area contributed by atoms with E-state index < -0.39 is 0 Å². The Morgan fingerprint density at radius 1 is 1.00 bits per heavy atom. The number of aromatic nitrogens is 3. The van der Waals surface area contributed by atoms with E-state index in [1.807, 2.05) is 24.3 Å². The van der Waals surface area contributed by atoms with Gasteiger partial charge in [0, 0.05) is 34.8 Å². The van der Waals surface area contributed by atoms with Gasteiger partial charge in [-0.15, -0.1) is 0 Å². The summed E-state index contributed by atoms with van der Waals surface area (Å²) in [7, 11) is 3.32. The van der Waals surface area contributed by atoms with Gasteiger partial charge in [-0.2, -0.15) is 0 Å². The zero-order valence-corrected chi connectivity index (χ0v) is 18.5. The maximum Gasteiger partial charge on any atom is 0.229 e. The number of halogens is 2. The van der Waals surface area contributed by atoms with Crippen LogP contribution in [0.2, 0.25) is 10.3 Å². The van der Waals surface area contributed by atoms with Crippen LogP contribution in [-0.2, 0) is 6.42 Å². The summed E-state index contributed by atoms with van der Waals surface area (Å²) in [5.74, 6) is 1.95. The topological polar surface area (TPSA) is 63.3 Å². The number of fused-ring (bicyclic) bond motifs is 3. The van der Waals surface area contributed by atoms with Crippen molar-refractivity contribution in [3.8, 4) is 11.5 Å². The molecule has 0 radical (unpaired) electrons. The predicted octanol–water partition coefficient (Wildman–Crippen LogP) is 5.43. The maximum atomic E-state index is 6.22. The fraction of sp³-hybridized carbons (Fsp3) is 0.217. The maximum absolute atomic E-state index is 6.22. The highest BCUT2D eigenvalue weighted by Gasteiger charge is 2.35. The van der Waals surface area contributed by atoms with Crippen molar-refractivity contribution in [1.82, 2.24) is 15.0 Å². The molecule has 1 N–H and O–H groups in total. The molecule has 2 aromatic carbocycles. The first-order valence-electron chi connectivity index (χ1n) is 9.87. The minimum absolute atomic E-state index is 0.240. The van der Waals surface area contributed by atoms with Gasteiger partial charge in [-0.1, -0.05) is 41.4 Å². The van der Waals surface area contributed by atoms with E-state index in [1.54, 1.807) is 14.2 Å². The highest BCUT2D eigenvalue weighted by atomic mass is 35.5. The summed E-state index contributed by atoms with van der Waals surface area (Å²) in [6.45, 7) is 0.691. The molecule has 1 atom stereocenters. The van der Waals surface area contributed by atoms with E-state index in [1.165, 1.54) is 17.0 Å². The highest BCUT2D eigenvalue weighted by Crippen LogP contribution is 2.44. The normalized spacial score (nSPS) is 15.7. The smallest absolute Gasteiger partial charge is 0.229 e. The lowest BCUT2D eigenvalue weighted by Gasteiger charge is -2.37. The second-order valence-corrected chi connectivity index (χ2v) is 8.10. The van der Waals surface area contributed by atoms with E-state index in [0.717, 1.165) is 34.7 Å². The van der Waals surface area contributed by atoms with Crippen LogP contribution in [-0.4, -0.2) is 35.7 Å². The summed E-state index contributed by atoms with van der Waals surface area (Å²) in [6, 6.07) is 15.4. The molecule has 8 heteroatoms. The van der Waals surface area contributed by atoms with Crippen molar-refractivity contribution in [3.05, 3.63) is 75.7 Å². The summed E-state index contributed by atoms with van der Waals surface area (Å²) in [5.41, 5.74) is 4.37. The van der Waals surface area contributed by atoms with Crippen LogP contribution in [0.25, 0.3) is 10.9 Å². The number of hydrogen-bond donors (Lipinski definition) is 1. The van der Waals surface area contributed by atoms with E-state index in [2.05, 4.69) is 38.1 Å². The first-order valence-corrected chi connectivity index (χ1v) is 10.6. The molecule has 1 unspecified atom stereocenters. The van der Waals surface area contributed by atoms with Crippen LogP contribution in [0.15, 0.2) is 48.5 Å². The van der Waals surface area contributed by atoms with Crippen molar-refractivity contribution in [2.24, 2.45) is 0 Å². The second-order valence-electron chi connectivity index (χ2n) is 7.33. The molecule has 0 saturated carbocycles. The second kappa shape index (κ2) is 7.94. The average molecular weight is 455 g/mol. The summed E-state index contributed by atoms with van der Waals surface area (Å²) in [5, 5.41) is 1.82. The molecule has 31 heavy (non-hydrogen) atoms. The van der Waals surface area contributed by atoms with E-state index in [-0.39, 0.29) is 6.04 Å². The number of anilines is 1. The largest absolute Gasteiger partial charge is 0.497 e. The Hall–Kier alpha value is -2.96. The van der Waals surface area contributed by atoms with E-state index in [0.29, 0.717) is 22.8 Å². The Kier molecular flexibility index (Phi) is 5.12. The third-order valence-electron chi connectivity index (χ3n) is 5.67. The van der Waals surface area contributed by atoms with Crippen molar-refractivity contribution in [2.75, 3.05) is 25.7 Å². The number of hydrogen-bond acceptors (Lipinski definition) is 5. The minimum Gasteiger partial charge on any atom is -0.497 e. The summed E-state index contributed by atoms with van der Waals surface area (Å²) in [6.07, 6.45) is 0.829. The number of ether oxygens (including phenoxy) is 2. The molecule has 0 fully saturated rings. The van der Waals surface area contributed by atoms with Crippen LogP contribution in [0, 0.1) is 0 Å². The van der Waals surface area contributed by atoms with Crippen LogP contribution in [0.5, 0.6) is 11.5 Å². The lowest BCUT2D eigenvalue weighted by molar-refractivity contribution is 0.395. The Bertz CT molecular complexity index is 1250. The molecule has 158 valence electrons. The van der Waals surface area contributed by atoms with Gasteiger partial charge >= 0.3 is 0 Å². The van der Waals surface area contributed by atoms with Gasteiger partial charge < -0.3 is 19.4 Å². The Morgan fingerprint density at radius 3 is 2.52 bits per heavy atom. The molecule has 0 amide bonds. The SMILES string of the molecule is COc1ccc(OC)c(C2c3[nH]c4ccccc4c3CCN2c2nc(Cl)cc(Cl)n2)c1. The lowest BCUT2D eigenvalue weighted by atomic mass is 9.92. The quantitative estimate of drug-likeness (QED) is 0.416. The molecule has 1 aliphatic rings. The molecule has 6 nitrogen and oxygen atoms in total. The van der Waals surface area contributed by atoms with Gasteiger partial charge in [0.2, 0.25) is 5.95 Å². The molecule has 5 rings (SSSR count). The van der Waals surface area contributed by atoms with Gasteiger partial charge in [-0.25, -0.2) is 9.97 Å². The van der Waals surface area contributed by atoms with Gasteiger partial charge in [0.1, 0.15) is 27.8 Å². The van der Waals surface area contributed by atoms with E-state index in [4.69, 9.17) is 32.7 Å². The fourth-order valence-electron chi connectivity index (χ4n) is 4.34. The lowest BCUT2D eigenvalue weighted by Crippen LogP contribution is -2.37. The molecule has 0 saturated heterocycles. The van der Waals surface area contributed by atoms with Crippen molar-refractivity contribution >= 4 is 40.1 Å². The number of rotatable bonds is 4. The number of methoxy groups -OCH3 is 2. The standard InChI is InChI=1S/C23H20Cl2N4O2/c1-30-13-7-8-18(31-2)16(11-13)22-21-15(14-5-3-4-6-17(14)26-21)9-10-29(22)23-27-19(24)12-20(25)28-23/h3-8,11-12,22,26H,9-10H2,1-2H3. The third-order valence-corrected chi connectivity index (χ3v) is 6.06. The first-order chi connectivity index (χ1) is 15.1. The van der Waals surface area contributed by atoms with E-state index >= 15 is 0 Å². The number of benzene rings is 2. The van der Waals surface area contributed by atoms with Crippen LogP contribution in [0.4, 0.5) is 5.95 Å². The fourth-order valence-corrected chi connectivity index (χ4v) is 4.75. The van der Waals surface area contributed by atoms with Crippen molar-refractivity contribution in [1.29, 1.82) is 0 Å². The number of nitrogens with zero attached hydrogens (tertiary/aromatic N) is 3. The van der Waals surface area contributed by atoms with Crippen LogP contribution < -0.4 is 14.4 Å². The Morgan fingerprint density at radius 2 is 1.77 bits per heavy atom. The molecule has 2 aromatic heterocycles. The number of nitrogens with one attached hydrogen (secondary N) is 1. The molecular weight excluding hydrogens is 435 g/mol. The Balaban J connectivity index is 1.77. The molecule has 3 heterocycles. The summed E-state index contributed by atoms with van der Waals surface area (Å²) >= 11 is 12.4. The van der Waals surface area contributed by atoms with Gasteiger partial charge in [-0.3, -0.25) is 0 Å². The number of para-hydroxylation sites is 1. The zero-order chi connectivity index (χ0) is 21.5. The van der Waals surface area contributed by atoms with Crippen molar-refractivity contribution in [3.63, 3.8) is 0 Å². The number of aromatic amines is 1. The van der Waals surface area contributed by atoms with Crippen molar-refractivity contribution < 1.29 is 9.47 Å². The molecule has 0 spiro atoms. The van der Waals surface area contributed by atoms with Gasteiger partial charge in [0.15, 0.2) is 0 Å². The summed E-state index contributed by atoms with van der Waals surface area (Å²) < 4.78 is 11.2. The first kappa shape index (κ1) is 20.0.